The lowest BCUT2D eigenvalue weighted by atomic mass is 9.45. The highest BCUT2D eigenvalue weighted by Crippen LogP contribution is 2.67. The fourth-order valence-electron chi connectivity index (χ4n) is 8.86. The molecule has 1 aromatic rings. The van der Waals surface area contributed by atoms with E-state index in [4.69, 9.17) is 28.5 Å². The molecular weight excluding hydrogens is 479 g/mol. The van der Waals surface area contributed by atoms with Gasteiger partial charge in [-0.1, -0.05) is 55.1 Å². The number of ketones is 1. The van der Waals surface area contributed by atoms with Crippen LogP contribution in [0.3, 0.4) is 0 Å². The molecule has 0 aliphatic heterocycles. The van der Waals surface area contributed by atoms with Gasteiger partial charge in [0.05, 0.1) is 27.4 Å². The zero-order chi connectivity index (χ0) is 25.3. The number of nitrogens with one attached hydrogen (secondary N) is 1. The number of carbonyl (C=O) groups excluding carboxylic acids is 2. The third-order valence-corrected chi connectivity index (χ3v) is 11.0. The van der Waals surface area contributed by atoms with Crippen molar-refractivity contribution < 1.29 is 9.59 Å². The zero-order valence-corrected chi connectivity index (χ0v) is 22.5. The van der Waals surface area contributed by atoms with Gasteiger partial charge in [0.2, 0.25) is 5.91 Å². The fourth-order valence-corrected chi connectivity index (χ4v) is 9.44. The van der Waals surface area contributed by atoms with Gasteiger partial charge in [-0.3, -0.25) is 9.59 Å². The maximum atomic E-state index is 13.6. The Morgan fingerprint density at radius 2 is 1.80 bits per heavy atom. The number of hydrogen-bond acceptors (Lipinski definition) is 3. The van der Waals surface area contributed by atoms with Crippen LogP contribution in [0, 0.1) is 51.8 Å². The standard InChI is InChI=1S/C29H34Cl2N2O2/c1-15-11-18-19-5-6-21(27(35)33-26-22(30)12-17(14-32)13-23(26)31)28(19,3)9-7-20(18)29(4)10-8-24(34)16(2)25(15)29/h12-13,16,18-21H,5-11H2,1-4H3,(H,33,35)/t16?,18-,19-,20+,21?,28-,29+/m0/s1. The summed E-state index contributed by atoms with van der Waals surface area (Å²) in [6.45, 7) is 9.10. The van der Waals surface area contributed by atoms with Gasteiger partial charge < -0.3 is 5.32 Å². The first kappa shape index (κ1) is 24.8. The number of halogens is 2. The fraction of sp³-hybridized carbons (Fsp3) is 0.621. The minimum absolute atomic E-state index is 0.0196. The second-order valence-corrected chi connectivity index (χ2v) is 12.8. The van der Waals surface area contributed by atoms with Crippen LogP contribution in [0.5, 0.6) is 0 Å². The Kier molecular flexibility index (Phi) is 6.13. The van der Waals surface area contributed by atoms with Crippen molar-refractivity contribution >= 4 is 40.6 Å². The Morgan fingerprint density at radius 1 is 1.11 bits per heavy atom. The molecule has 0 aromatic heterocycles. The predicted molar refractivity (Wildman–Crippen MR) is 139 cm³/mol. The lowest BCUT2D eigenvalue weighted by molar-refractivity contribution is -0.130. The van der Waals surface area contributed by atoms with Crippen LogP contribution in [-0.2, 0) is 9.59 Å². The van der Waals surface area contributed by atoms with Crippen molar-refractivity contribution in [1.82, 2.24) is 0 Å². The van der Waals surface area contributed by atoms with Crippen LogP contribution in [0.25, 0.3) is 0 Å². The highest BCUT2D eigenvalue weighted by atomic mass is 35.5. The van der Waals surface area contributed by atoms with Crippen LogP contribution in [0.15, 0.2) is 23.3 Å². The van der Waals surface area contributed by atoms with Crippen LogP contribution >= 0.6 is 23.2 Å². The highest BCUT2D eigenvalue weighted by Gasteiger charge is 2.61. The zero-order valence-electron chi connectivity index (χ0n) is 21.0. The Labute approximate surface area is 218 Å². The van der Waals surface area contributed by atoms with Gasteiger partial charge in [0.25, 0.3) is 0 Å². The van der Waals surface area contributed by atoms with E-state index < -0.39 is 0 Å². The van der Waals surface area contributed by atoms with Gasteiger partial charge in [-0.15, -0.1) is 0 Å². The molecule has 0 saturated heterocycles. The molecule has 186 valence electrons. The lowest BCUT2D eigenvalue weighted by Gasteiger charge is -2.59. The van der Waals surface area contributed by atoms with E-state index in [-0.39, 0.29) is 28.6 Å². The van der Waals surface area contributed by atoms with Crippen molar-refractivity contribution in [2.75, 3.05) is 5.32 Å². The molecule has 4 aliphatic rings. The molecule has 5 rings (SSSR count). The molecule has 3 fully saturated rings. The van der Waals surface area contributed by atoms with Crippen molar-refractivity contribution in [3.05, 3.63) is 38.9 Å². The van der Waals surface area contributed by atoms with Crippen LogP contribution in [0.2, 0.25) is 10.0 Å². The molecule has 2 unspecified atom stereocenters. The van der Waals surface area contributed by atoms with Crippen molar-refractivity contribution in [2.24, 2.45) is 40.4 Å². The minimum atomic E-state index is -0.0958. The number of amides is 1. The Balaban J connectivity index is 1.42. The van der Waals surface area contributed by atoms with E-state index in [0.29, 0.717) is 51.3 Å². The molecule has 7 atom stereocenters. The van der Waals surface area contributed by atoms with E-state index in [2.05, 4.69) is 33.0 Å². The van der Waals surface area contributed by atoms with E-state index in [1.165, 1.54) is 11.1 Å². The summed E-state index contributed by atoms with van der Waals surface area (Å²) in [5.74, 6) is 1.96. The number of fused-ring (bicyclic) bond motifs is 5. The molecule has 0 heterocycles. The number of nitriles is 1. The first-order valence-corrected chi connectivity index (χ1v) is 13.7. The molecule has 1 amide bonds. The van der Waals surface area contributed by atoms with Gasteiger partial charge in [0.15, 0.2) is 0 Å². The van der Waals surface area contributed by atoms with E-state index in [1.807, 2.05) is 6.07 Å². The summed E-state index contributed by atoms with van der Waals surface area (Å²) < 4.78 is 0. The summed E-state index contributed by atoms with van der Waals surface area (Å²) in [6.07, 6.45) is 6.75. The molecule has 35 heavy (non-hydrogen) atoms. The first-order valence-electron chi connectivity index (χ1n) is 12.9. The number of allylic oxidation sites excluding steroid dienone is 2. The Morgan fingerprint density at radius 3 is 2.46 bits per heavy atom. The average molecular weight is 514 g/mol. The molecule has 6 heteroatoms. The molecule has 3 saturated carbocycles. The summed E-state index contributed by atoms with van der Waals surface area (Å²) in [5.41, 5.74) is 3.65. The Hall–Kier alpha value is -1.83. The van der Waals surface area contributed by atoms with Gasteiger partial charge in [-0.25, -0.2) is 0 Å². The predicted octanol–water partition coefficient (Wildman–Crippen LogP) is 7.59. The largest absolute Gasteiger partial charge is 0.323 e. The monoisotopic (exact) mass is 512 g/mol. The van der Waals surface area contributed by atoms with Gasteiger partial charge >= 0.3 is 0 Å². The number of benzene rings is 1. The highest BCUT2D eigenvalue weighted by molar-refractivity contribution is 6.40. The summed E-state index contributed by atoms with van der Waals surface area (Å²) in [4.78, 5) is 26.2. The van der Waals surface area contributed by atoms with Crippen LogP contribution < -0.4 is 5.32 Å². The third-order valence-electron chi connectivity index (χ3n) is 10.4. The summed E-state index contributed by atoms with van der Waals surface area (Å²) in [6, 6.07) is 5.12. The molecule has 0 spiro atoms. The molecule has 1 aromatic carbocycles. The second kappa shape index (κ2) is 8.63. The van der Waals surface area contributed by atoms with Gasteiger partial charge in [0, 0.05) is 18.3 Å². The van der Waals surface area contributed by atoms with E-state index in [1.54, 1.807) is 12.1 Å². The van der Waals surface area contributed by atoms with Gasteiger partial charge in [-0.05, 0) is 86.2 Å². The SMILES string of the molecule is CC1=C2C(C)C(=O)CC[C@]2(C)[C@@H]2CC[C@]3(C)C(C(=O)Nc4c(Cl)cc(C#N)cc4Cl)CC[C@H]3[C@@H]2C1. The van der Waals surface area contributed by atoms with Gasteiger partial charge in [-0.2, -0.15) is 5.26 Å². The summed E-state index contributed by atoms with van der Waals surface area (Å²) >= 11 is 12.7. The third kappa shape index (κ3) is 3.68. The van der Waals surface area contributed by atoms with Crippen molar-refractivity contribution in [2.45, 2.75) is 72.6 Å². The van der Waals surface area contributed by atoms with Crippen molar-refractivity contribution in [3.63, 3.8) is 0 Å². The quantitative estimate of drug-likeness (QED) is 0.414. The number of hydrogen-bond donors (Lipinski definition) is 1. The van der Waals surface area contributed by atoms with E-state index in [0.717, 1.165) is 38.5 Å². The molecule has 4 aliphatic carbocycles. The molecule has 4 nitrogen and oxygen atoms in total. The first-order chi connectivity index (χ1) is 16.5. The Bertz CT molecular complexity index is 1160. The molecule has 0 bridgehead atoms. The van der Waals surface area contributed by atoms with Crippen molar-refractivity contribution in [1.29, 1.82) is 5.26 Å². The normalized spacial score (nSPS) is 38.3. The summed E-state index contributed by atoms with van der Waals surface area (Å²) in [7, 11) is 0. The maximum Gasteiger partial charge on any atom is 0.228 e. The summed E-state index contributed by atoms with van der Waals surface area (Å²) in [5, 5.41) is 12.8. The molecular formula is C29H34Cl2N2O2. The van der Waals surface area contributed by atoms with Crippen LogP contribution in [-0.4, -0.2) is 11.7 Å². The van der Waals surface area contributed by atoms with Gasteiger partial charge in [0.1, 0.15) is 5.78 Å². The average Bonchev–Trinajstić information content (AvgIpc) is 3.16. The lowest BCUT2D eigenvalue weighted by Crippen LogP contribution is -2.53. The van der Waals surface area contributed by atoms with E-state index >= 15 is 0 Å². The number of rotatable bonds is 2. The second-order valence-electron chi connectivity index (χ2n) is 12.0. The number of anilines is 1. The number of nitrogens with zero attached hydrogens (tertiary/aromatic N) is 1. The number of carbonyl (C=O) groups is 2. The topological polar surface area (TPSA) is 70.0 Å². The van der Waals surface area contributed by atoms with Crippen LogP contribution in [0.4, 0.5) is 5.69 Å². The van der Waals surface area contributed by atoms with Crippen molar-refractivity contribution in [3.8, 4) is 6.07 Å². The maximum absolute atomic E-state index is 13.6. The molecule has 0 radical (unpaired) electrons. The minimum Gasteiger partial charge on any atom is -0.323 e. The number of Topliss-reactive ketones (excluding diaryl/α,β-unsaturated/α-hetero) is 1. The van der Waals surface area contributed by atoms with Crippen LogP contribution in [0.1, 0.15) is 78.2 Å². The van der Waals surface area contributed by atoms with E-state index in [9.17, 15) is 9.59 Å². The molecule has 1 N–H and O–H groups in total. The smallest absolute Gasteiger partial charge is 0.228 e.